The van der Waals surface area contributed by atoms with Crippen LogP contribution in [0.5, 0.6) is 0 Å². The van der Waals surface area contributed by atoms with Crippen LogP contribution >= 0.6 is 11.8 Å². The molecule has 0 spiro atoms. The Kier molecular flexibility index (Phi) is 5.40. The van der Waals surface area contributed by atoms with Crippen molar-refractivity contribution >= 4 is 17.7 Å². The van der Waals surface area contributed by atoms with Gasteiger partial charge < -0.3 is 5.32 Å². The van der Waals surface area contributed by atoms with Crippen molar-refractivity contribution in [1.29, 1.82) is 0 Å². The molecule has 1 amide bonds. The molecule has 11 heavy (non-hydrogen) atoms. The van der Waals surface area contributed by atoms with E-state index in [1.165, 1.54) is 17.8 Å². The molecule has 3 heteroatoms. The molecule has 1 N–H and O–H groups in total. The highest BCUT2D eigenvalue weighted by Gasteiger charge is 1.98. The van der Waals surface area contributed by atoms with Crippen molar-refractivity contribution in [1.82, 2.24) is 5.32 Å². The van der Waals surface area contributed by atoms with Gasteiger partial charge in [0.1, 0.15) is 0 Å². The van der Waals surface area contributed by atoms with Crippen LogP contribution in [0.15, 0.2) is 11.5 Å². The predicted octanol–water partition coefficient (Wildman–Crippen LogP) is 1.00. The van der Waals surface area contributed by atoms with Gasteiger partial charge in [0.15, 0.2) is 0 Å². The summed E-state index contributed by atoms with van der Waals surface area (Å²) in [4.78, 5) is 10.9. The summed E-state index contributed by atoms with van der Waals surface area (Å²) in [5, 5.41) is 4.30. The van der Waals surface area contributed by atoms with Crippen LogP contribution in [-0.4, -0.2) is 18.2 Å². The van der Waals surface area contributed by atoms with Gasteiger partial charge in [-0.2, -0.15) is 0 Å². The largest absolute Gasteiger partial charge is 0.339 e. The molecule has 0 aromatic heterocycles. The average molecular weight is 169 g/mol. The summed E-state index contributed by atoms with van der Waals surface area (Å²) < 4.78 is 0. The summed E-state index contributed by atoms with van der Waals surface area (Å²) in [6.07, 6.45) is 8.40. The third kappa shape index (κ3) is 5.56. The van der Waals surface area contributed by atoms with Crippen LogP contribution in [0.25, 0.3) is 0 Å². The minimum atomic E-state index is -0.200. The van der Waals surface area contributed by atoms with Gasteiger partial charge >= 0.3 is 0 Å². The zero-order valence-electron chi connectivity index (χ0n) is 6.63. The summed E-state index contributed by atoms with van der Waals surface area (Å²) in [5.74, 6) is 2.25. The highest BCUT2D eigenvalue weighted by Crippen LogP contribution is 1.92. The maximum absolute atomic E-state index is 10.9. The molecule has 0 radical (unpaired) electrons. The lowest BCUT2D eigenvalue weighted by atomic mass is 10.3. The van der Waals surface area contributed by atoms with Crippen LogP contribution in [0.3, 0.4) is 0 Å². The van der Waals surface area contributed by atoms with Gasteiger partial charge in [-0.25, -0.2) is 0 Å². The Morgan fingerprint density at radius 3 is 2.91 bits per heavy atom. The molecule has 1 unspecified atom stereocenters. The van der Waals surface area contributed by atoms with E-state index in [1.807, 2.05) is 6.26 Å². The minimum Gasteiger partial charge on any atom is -0.339 e. The van der Waals surface area contributed by atoms with Crippen molar-refractivity contribution in [3.05, 3.63) is 11.5 Å². The fourth-order valence-corrected chi connectivity index (χ4v) is 0.693. The van der Waals surface area contributed by atoms with Gasteiger partial charge in [0, 0.05) is 6.08 Å². The lowest BCUT2D eigenvalue weighted by molar-refractivity contribution is -0.116. The van der Waals surface area contributed by atoms with Crippen LogP contribution < -0.4 is 5.32 Å². The van der Waals surface area contributed by atoms with Crippen molar-refractivity contribution in [2.24, 2.45) is 0 Å². The second-order valence-corrected chi connectivity index (χ2v) is 2.68. The standard InChI is InChI=1S/C8H11NOS/c1-4-7(2)9-8(10)5-6-11-3/h1,5-7H,2-3H3,(H,9,10)/b6-5+. The molecule has 0 aromatic rings. The van der Waals surface area contributed by atoms with Gasteiger partial charge in [-0.1, -0.05) is 5.92 Å². The molecule has 0 rings (SSSR count). The van der Waals surface area contributed by atoms with Crippen LogP contribution in [-0.2, 0) is 4.79 Å². The Morgan fingerprint density at radius 1 is 1.82 bits per heavy atom. The molecule has 0 bridgehead atoms. The average Bonchev–Trinajstić information content (AvgIpc) is 2.00. The smallest absolute Gasteiger partial charge is 0.245 e. The Morgan fingerprint density at radius 2 is 2.45 bits per heavy atom. The zero-order valence-corrected chi connectivity index (χ0v) is 7.44. The molecule has 2 nitrogen and oxygen atoms in total. The lowest BCUT2D eigenvalue weighted by Gasteiger charge is -2.02. The number of hydrogen-bond donors (Lipinski definition) is 1. The molecule has 60 valence electrons. The molecule has 0 fully saturated rings. The van der Waals surface area contributed by atoms with Crippen molar-refractivity contribution in [2.45, 2.75) is 13.0 Å². The van der Waals surface area contributed by atoms with Gasteiger partial charge in [-0.3, -0.25) is 4.79 Å². The number of nitrogens with one attached hydrogen (secondary N) is 1. The van der Waals surface area contributed by atoms with Crippen molar-refractivity contribution in [2.75, 3.05) is 6.26 Å². The molecule has 0 aliphatic carbocycles. The van der Waals surface area contributed by atoms with E-state index in [0.717, 1.165) is 0 Å². The van der Waals surface area contributed by atoms with Gasteiger partial charge in [0.2, 0.25) is 5.91 Å². The Hall–Kier alpha value is -0.880. The highest BCUT2D eigenvalue weighted by atomic mass is 32.2. The van der Waals surface area contributed by atoms with E-state index in [-0.39, 0.29) is 11.9 Å². The molecule has 1 atom stereocenters. The number of amides is 1. The number of rotatable bonds is 3. The van der Waals surface area contributed by atoms with E-state index < -0.39 is 0 Å². The second-order valence-electron chi connectivity index (χ2n) is 1.94. The van der Waals surface area contributed by atoms with Gasteiger partial charge in [-0.15, -0.1) is 18.2 Å². The molecule has 0 aliphatic rings. The van der Waals surface area contributed by atoms with Crippen molar-refractivity contribution < 1.29 is 4.79 Å². The first-order valence-corrected chi connectivity index (χ1v) is 4.45. The fraction of sp³-hybridized carbons (Fsp3) is 0.375. The number of carbonyl (C=O) groups is 1. The Labute approximate surface area is 71.4 Å². The van der Waals surface area contributed by atoms with Crippen LogP contribution in [0.4, 0.5) is 0 Å². The first-order valence-electron chi connectivity index (χ1n) is 3.16. The number of hydrogen-bond acceptors (Lipinski definition) is 2. The highest BCUT2D eigenvalue weighted by molar-refractivity contribution is 8.01. The molecule has 0 aliphatic heterocycles. The monoisotopic (exact) mass is 169 g/mol. The Balaban J connectivity index is 3.71. The fourth-order valence-electron chi connectivity index (χ4n) is 0.433. The number of carbonyl (C=O) groups excluding carboxylic acids is 1. The Bertz CT molecular complexity index is 193. The SMILES string of the molecule is C#CC(C)NC(=O)/C=C/SC. The summed E-state index contributed by atoms with van der Waals surface area (Å²) >= 11 is 1.47. The van der Waals surface area contributed by atoms with E-state index >= 15 is 0 Å². The van der Waals surface area contributed by atoms with Gasteiger partial charge in [-0.05, 0) is 18.6 Å². The third-order valence-electron chi connectivity index (χ3n) is 0.964. The van der Waals surface area contributed by atoms with E-state index in [4.69, 9.17) is 6.42 Å². The van der Waals surface area contributed by atoms with E-state index in [9.17, 15) is 4.79 Å². The summed E-state index contributed by atoms with van der Waals surface area (Å²) in [5.41, 5.74) is 0. The molecular weight excluding hydrogens is 158 g/mol. The van der Waals surface area contributed by atoms with E-state index in [1.54, 1.807) is 12.3 Å². The maximum Gasteiger partial charge on any atom is 0.245 e. The van der Waals surface area contributed by atoms with Crippen LogP contribution in [0.1, 0.15) is 6.92 Å². The van der Waals surface area contributed by atoms with E-state index in [0.29, 0.717) is 0 Å². The summed E-state index contributed by atoms with van der Waals surface area (Å²) in [6, 6.07) is -0.200. The van der Waals surface area contributed by atoms with Gasteiger partial charge in [0.25, 0.3) is 0 Å². The number of thioether (sulfide) groups is 1. The zero-order chi connectivity index (χ0) is 8.69. The van der Waals surface area contributed by atoms with Crippen LogP contribution in [0.2, 0.25) is 0 Å². The second kappa shape index (κ2) is 5.87. The third-order valence-corrected chi connectivity index (χ3v) is 1.37. The van der Waals surface area contributed by atoms with Crippen LogP contribution in [0, 0.1) is 12.3 Å². The predicted molar refractivity (Wildman–Crippen MR) is 49.1 cm³/mol. The number of terminal acetylenes is 1. The summed E-state index contributed by atoms with van der Waals surface area (Å²) in [6.45, 7) is 1.75. The molecule has 0 aromatic carbocycles. The van der Waals surface area contributed by atoms with Crippen molar-refractivity contribution in [3.63, 3.8) is 0 Å². The lowest BCUT2D eigenvalue weighted by Crippen LogP contribution is -2.29. The molecule has 0 saturated carbocycles. The van der Waals surface area contributed by atoms with Crippen molar-refractivity contribution in [3.8, 4) is 12.3 Å². The minimum absolute atomic E-state index is 0.148. The molecular formula is C8H11NOS. The van der Waals surface area contributed by atoms with E-state index in [2.05, 4.69) is 11.2 Å². The maximum atomic E-state index is 10.9. The topological polar surface area (TPSA) is 29.1 Å². The summed E-state index contributed by atoms with van der Waals surface area (Å²) in [7, 11) is 0. The quantitative estimate of drug-likeness (QED) is 0.504. The van der Waals surface area contributed by atoms with Gasteiger partial charge in [0.05, 0.1) is 6.04 Å². The first-order chi connectivity index (χ1) is 5.20. The first kappa shape index (κ1) is 10.1. The molecule has 0 saturated heterocycles. The molecule has 0 heterocycles. The normalized spacial score (nSPS) is 12.5.